The van der Waals surface area contributed by atoms with Gasteiger partial charge in [-0.1, -0.05) is 25.2 Å². The van der Waals surface area contributed by atoms with Gasteiger partial charge in [0.1, 0.15) is 5.69 Å². The van der Waals surface area contributed by atoms with Gasteiger partial charge in [0, 0.05) is 18.7 Å². The number of fused-ring (bicyclic) bond motifs is 1. The molecule has 0 amide bonds. The van der Waals surface area contributed by atoms with E-state index in [0.717, 1.165) is 59.5 Å². The van der Waals surface area contributed by atoms with Crippen molar-refractivity contribution in [1.29, 1.82) is 0 Å². The minimum absolute atomic E-state index is 0.519. The van der Waals surface area contributed by atoms with E-state index in [4.69, 9.17) is 15.1 Å². The molecule has 1 fully saturated rings. The minimum atomic E-state index is 0.519. The molecule has 4 rings (SSSR count). The summed E-state index contributed by atoms with van der Waals surface area (Å²) in [4.78, 5) is 13.6. The molecule has 1 aliphatic rings. The van der Waals surface area contributed by atoms with Gasteiger partial charge in [0.15, 0.2) is 10.8 Å². The second-order valence-corrected chi connectivity index (χ2v) is 8.97. The summed E-state index contributed by atoms with van der Waals surface area (Å²) in [5.41, 5.74) is 6.63. The third kappa shape index (κ3) is 3.32. The van der Waals surface area contributed by atoms with Gasteiger partial charge in [0.25, 0.3) is 0 Å². The summed E-state index contributed by atoms with van der Waals surface area (Å²) in [5, 5.41) is 6.01. The maximum atomic E-state index is 4.98. The number of aryl methyl sites for hydroxylation is 3. The monoisotopic (exact) mass is 397 g/mol. The fourth-order valence-corrected chi connectivity index (χ4v) is 5.59. The number of piperidine rings is 1. The standard InChI is InChI=1S/C22H31N5S/c1-6-17(7-2)18-13-14(3)25-27-19(15(4)23-21(18)27)20-16(5)24-22(28-20)26-11-9-8-10-12-26/h13,17H,6-12H2,1-5H3. The second-order valence-electron chi connectivity index (χ2n) is 7.99. The van der Waals surface area contributed by atoms with Crippen LogP contribution in [0.15, 0.2) is 6.07 Å². The van der Waals surface area contributed by atoms with Crippen molar-refractivity contribution in [3.63, 3.8) is 0 Å². The van der Waals surface area contributed by atoms with Gasteiger partial charge >= 0.3 is 0 Å². The Morgan fingerprint density at radius 2 is 1.71 bits per heavy atom. The summed E-state index contributed by atoms with van der Waals surface area (Å²) in [6.45, 7) is 13.1. The predicted octanol–water partition coefficient (Wildman–Crippen LogP) is 5.67. The maximum Gasteiger partial charge on any atom is 0.186 e. The molecule has 0 bridgehead atoms. The lowest BCUT2D eigenvalue weighted by Gasteiger charge is -2.25. The molecule has 0 atom stereocenters. The van der Waals surface area contributed by atoms with Crippen LogP contribution in [-0.4, -0.2) is 32.7 Å². The van der Waals surface area contributed by atoms with Crippen molar-refractivity contribution in [3.05, 3.63) is 28.7 Å². The quantitative estimate of drug-likeness (QED) is 0.556. The normalized spacial score (nSPS) is 15.1. The molecule has 0 saturated carbocycles. The summed E-state index contributed by atoms with van der Waals surface area (Å²) in [7, 11) is 0. The third-order valence-electron chi connectivity index (χ3n) is 5.96. The molecule has 5 nitrogen and oxygen atoms in total. The van der Waals surface area contributed by atoms with Crippen LogP contribution in [0.4, 0.5) is 5.13 Å². The average molecular weight is 398 g/mol. The van der Waals surface area contributed by atoms with Crippen molar-refractivity contribution in [2.45, 2.75) is 72.6 Å². The highest BCUT2D eigenvalue weighted by Gasteiger charge is 2.24. The number of hydrogen-bond acceptors (Lipinski definition) is 5. The smallest absolute Gasteiger partial charge is 0.186 e. The van der Waals surface area contributed by atoms with E-state index in [1.807, 2.05) is 0 Å². The molecule has 6 heteroatoms. The average Bonchev–Trinajstić information content (AvgIpc) is 3.22. The fourth-order valence-electron chi connectivity index (χ4n) is 4.39. The van der Waals surface area contributed by atoms with Crippen LogP contribution < -0.4 is 4.90 Å². The highest BCUT2D eigenvalue weighted by atomic mass is 32.1. The van der Waals surface area contributed by atoms with E-state index in [1.54, 1.807) is 11.3 Å². The summed E-state index contributed by atoms with van der Waals surface area (Å²) in [5.74, 6) is 0.519. The molecule has 3 aromatic heterocycles. The fraction of sp³-hybridized carbons (Fsp3) is 0.591. The summed E-state index contributed by atoms with van der Waals surface area (Å²) in [6, 6.07) is 2.22. The Balaban J connectivity index is 1.85. The molecule has 0 aromatic carbocycles. The number of rotatable bonds is 5. The van der Waals surface area contributed by atoms with Crippen molar-refractivity contribution in [2.24, 2.45) is 0 Å². The van der Waals surface area contributed by atoms with Gasteiger partial charge in [-0.15, -0.1) is 0 Å². The largest absolute Gasteiger partial charge is 0.348 e. The van der Waals surface area contributed by atoms with Crippen LogP contribution >= 0.6 is 11.3 Å². The van der Waals surface area contributed by atoms with E-state index in [9.17, 15) is 0 Å². The molecular weight excluding hydrogens is 366 g/mol. The molecule has 1 saturated heterocycles. The zero-order valence-electron chi connectivity index (χ0n) is 17.7. The molecular formula is C22H31N5S. The highest BCUT2D eigenvalue weighted by Crippen LogP contribution is 2.38. The number of aromatic nitrogens is 4. The topological polar surface area (TPSA) is 46.3 Å². The Bertz CT molecular complexity index is 977. The Labute approximate surface area is 171 Å². The van der Waals surface area contributed by atoms with Gasteiger partial charge in [0.05, 0.1) is 22.0 Å². The zero-order valence-corrected chi connectivity index (χ0v) is 18.6. The molecule has 1 aliphatic heterocycles. The lowest BCUT2D eigenvalue weighted by Crippen LogP contribution is -2.29. The van der Waals surface area contributed by atoms with E-state index in [0.29, 0.717) is 5.92 Å². The number of imidazole rings is 1. The van der Waals surface area contributed by atoms with Crippen LogP contribution in [0.2, 0.25) is 0 Å². The van der Waals surface area contributed by atoms with Gasteiger partial charge < -0.3 is 4.90 Å². The Morgan fingerprint density at radius 1 is 1.00 bits per heavy atom. The second kappa shape index (κ2) is 7.82. The molecule has 4 heterocycles. The van der Waals surface area contributed by atoms with E-state index < -0.39 is 0 Å². The Morgan fingerprint density at radius 3 is 2.39 bits per heavy atom. The van der Waals surface area contributed by atoms with Crippen molar-refractivity contribution in [3.8, 4) is 10.6 Å². The number of nitrogens with zero attached hydrogens (tertiary/aromatic N) is 5. The molecule has 0 radical (unpaired) electrons. The molecule has 28 heavy (non-hydrogen) atoms. The van der Waals surface area contributed by atoms with Gasteiger partial charge in [-0.3, -0.25) is 0 Å². The van der Waals surface area contributed by atoms with Crippen LogP contribution in [0.1, 0.15) is 74.5 Å². The first-order chi connectivity index (χ1) is 13.5. The highest BCUT2D eigenvalue weighted by molar-refractivity contribution is 7.19. The van der Waals surface area contributed by atoms with E-state index in [-0.39, 0.29) is 0 Å². The van der Waals surface area contributed by atoms with Crippen molar-refractivity contribution in [2.75, 3.05) is 18.0 Å². The molecule has 150 valence electrons. The van der Waals surface area contributed by atoms with Crippen LogP contribution in [0.3, 0.4) is 0 Å². The minimum Gasteiger partial charge on any atom is -0.348 e. The van der Waals surface area contributed by atoms with Crippen molar-refractivity contribution >= 4 is 22.1 Å². The SMILES string of the molecule is CCC(CC)c1cc(C)nn2c(-c3sc(N4CCCCC4)nc3C)c(C)nc12. The number of anilines is 1. The number of thiazole rings is 1. The third-order valence-corrected chi connectivity index (χ3v) is 7.19. The van der Waals surface area contributed by atoms with Gasteiger partial charge in [0.2, 0.25) is 0 Å². The van der Waals surface area contributed by atoms with Crippen LogP contribution in [0.25, 0.3) is 16.2 Å². The molecule has 0 unspecified atom stereocenters. The maximum absolute atomic E-state index is 4.98. The zero-order chi connectivity index (χ0) is 19.8. The Hall–Kier alpha value is -1.95. The molecule has 0 N–H and O–H groups in total. The van der Waals surface area contributed by atoms with Crippen molar-refractivity contribution in [1.82, 2.24) is 19.6 Å². The first kappa shape index (κ1) is 19.4. The van der Waals surface area contributed by atoms with E-state index in [1.165, 1.54) is 29.7 Å². The van der Waals surface area contributed by atoms with Gasteiger partial charge in [-0.2, -0.15) is 5.10 Å². The number of hydrogen-bond donors (Lipinski definition) is 0. The first-order valence-electron chi connectivity index (χ1n) is 10.6. The van der Waals surface area contributed by atoms with E-state index >= 15 is 0 Å². The van der Waals surface area contributed by atoms with Crippen LogP contribution in [0.5, 0.6) is 0 Å². The van der Waals surface area contributed by atoms with Crippen LogP contribution in [0, 0.1) is 20.8 Å². The van der Waals surface area contributed by atoms with E-state index in [2.05, 4.69) is 50.1 Å². The summed E-state index contributed by atoms with van der Waals surface area (Å²) >= 11 is 1.80. The van der Waals surface area contributed by atoms with Crippen molar-refractivity contribution < 1.29 is 0 Å². The first-order valence-corrected chi connectivity index (χ1v) is 11.4. The molecule has 3 aromatic rings. The lowest BCUT2D eigenvalue weighted by molar-refractivity contribution is 0.576. The summed E-state index contributed by atoms with van der Waals surface area (Å²) < 4.78 is 2.08. The molecule has 0 spiro atoms. The predicted molar refractivity (Wildman–Crippen MR) is 118 cm³/mol. The lowest BCUT2D eigenvalue weighted by atomic mass is 9.95. The van der Waals surface area contributed by atoms with Crippen LogP contribution in [-0.2, 0) is 0 Å². The Kier molecular flexibility index (Phi) is 5.41. The summed E-state index contributed by atoms with van der Waals surface area (Å²) in [6.07, 6.45) is 6.11. The van der Waals surface area contributed by atoms with Gasteiger partial charge in [-0.25, -0.2) is 14.5 Å². The van der Waals surface area contributed by atoms with Gasteiger partial charge in [-0.05, 0) is 64.9 Å². The molecule has 0 aliphatic carbocycles.